The maximum absolute atomic E-state index is 13.2. The highest BCUT2D eigenvalue weighted by molar-refractivity contribution is 7.90. The SMILES string of the molecule is CC1=CCCC2C1(C)CCC(C)C2(C)CC1=C(O)C(=O)C=C(NCCS(C)(=O)=O)C1=O. The van der Waals surface area contributed by atoms with Crippen LogP contribution in [0, 0.1) is 22.7 Å². The number of fused-ring (bicyclic) bond motifs is 1. The largest absolute Gasteiger partial charge is 0.504 e. The first kappa shape index (κ1) is 23.8. The molecule has 2 N–H and O–H groups in total. The summed E-state index contributed by atoms with van der Waals surface area (Å²) in [5, 5.41) is 13.4. The van der Waals surface area contributed by atoms with Crippen LogP contribution in [0.15, 0.2) is 34.8 Å². The fourth-order valence-corrected chi connectivity index (χ4v) is 6.41. The van der Waals surface area contributed by atoms with Gasteiger partial charge in [-0.25, -0.2) is 8.42 Å². The van der Waals surface area contributed by atoms with Crippen LogP contribution in [0.2, 0.25) is 0 Å². The highest BCUT2D eigenvalue weighted by atomic mass is 32.2. The third kappa shape index (κ3) is 4.38. The zero-order valence-electron chi connectivity index (χ0n) is 19.2. The molecule has 0 heterocycles. The lowest BCUT2D eigenvalue weighted by Crippen LogP contribution is -2.50. The van der Waals surface area contributed by atoms with E-state index < -0.39 is 27.2 Å². The van der Waals surface area contributed by atoms with Crippen molar-refractivity contribution in [2.24, 2.45) is 22.7 Å². The van der Waals surface area contributed by atoms with Crippen molar-refractivity contribution in [1.82, 2.24) is 5.32 Å². The number of hydrogen-bond acceptors (Lipinski definition) is 6. The molecule has 0 amide bonds. The van der Waals surface area contributed by atoms with Gasteiger partial charge in [-0.2, -0.15) is 0 Å². The van der Waals surface area contributed by atoms with E-state index in [1.54, 1.807) is 0 Å². The maximum Gasteiger partial charge on any atom is 0.222 e. The molecule has 0 bridgehead atoms. The first-order valence-electron chi connectivity index (χ1n) is 11.1. The van der Waals surface area contributed by atoms with Gasteiger partial charge < -0.3 is 10.4 Å². The summed E-state index contributed by atoms with van der Waals surface area (Å²) in [5.74, 6) is -0.933. The van der Waals surface area contributed by atoms with Gasteiger partial charge in [-0.15, -0.1) is 0 Å². The van der Waals surface area contributed by atoms with Crippen LogP contribution in [0.1, 0.15) is 59.8 Å². The predicted molar refractivity (Wildman–Crippen MR) is 121 cm³/mol. The number of rotatable bonds is 6. The number of ketones is 2. The van der Waals surface area contributed by atoms with Crippen molar-refractivity contribution in [3.63, 3.8) is 0 Å². The van der Waals surface area contributed by atoms with E-state index in [-0.39, 0.29) is 34.4 Å². The molecular weight excluding hydrogens is 414 g/mol. The molecule has 172 valence electrons. The summed E-state index contributed by atoms with van der Waals surface area (Å²) in [6.45, 7) is 8.96. The van der Waals surface area contributed by atoms with Gasteiger partial charge in [0.15, 0.2) is 5.76 Å². The van der Waals surface area contributed by atoms with E-state index in [2.05, 4.69) is 39.1 Å². The predicted octanol–water partition coefficient (Wildman–Crippen LogP) is 3.66. The fourth-order valence-electron chi connectivity index (χ4n) is 5.94. The summed E-state index contributed by atoms with van der Waals surface area (Å²) in [5.41, 5.74) is 1.44. The lowest BCUT2D eigenvalue weighted by atomic mass is 9.46. The first-order valence-corrected chi connectivity index (χ1v) is 13.2. The topological polar surface area (TPSA) is 101 Å². The Balaban J connectivity index is 1.89. The minimum Gasteiger partial charge on any atom is -0.504 e. The molecule has 6 nitrogen and oxygen atoms in total. The maximum atomic E-state index is 13.2. The second-order valence-electron chi connectivity index (χ2n) is 10.2. The second kappa shape index (κ2) is 8.23. The van der Waals surface area contributed by atoms with Crippen molar-refractivity contribution in [3.05, 3.63) is 34.8 Å². The number of aliphatic hydroxyl groups is 1. The lowest BCUT2D eigenvalue weighted by molar-refractivity contribution is -0.118. The van der Waals surface area contributed by atoms with Crippen molar-refractivity contribution in [2.45, 2.75) is 59.8 Å². The number of carbonyl (C=O) groups excluding carboxylic acids is 2. The molecule has 0 aromatic carbocycles. The molecule has 4 unspecified atom stereocenters. The molecule has 1 saturated carbocycles. The van der Waals surface area contributed by atoms with E-state index >= 15 is 0 Å². The van der Waals surface area contributed by atoms with Crippen molar-refractivity contribution in [3.8, 4) is 0 Å². The third-order valence-corrected chi connectivity index (χ3v) is 9.20. The van der Waals surface area contributed by atoms with Gasteiger partial charge in [0.2, 0.25) is 11.6 Å². The molecule has 1 fully saturated rings. The normalized spacial score (nSPS) is 34.2. The second-order valence-corrected chi connectivity index (χ2v) is 12.5. The van der Waals surface area contributed by atoms with Crippen molar-refractivity contribution >= 4 is 21.4 Å². The number of Topliss-reactive ketones (excluding diaryl/α,β-unsaturated/α-hetero) is 1. The number of hydrogen-bond donors (Lipinski definition) is 2. The third-order valence-electron chi connectivity index (χ3n) is 8.25. The van der Waals surface area contributed by atoms with Gasteiger partial charge in [-0.1, -0.05) is 32.4 Å². The number of carbonyl (C=O) groups is 2. The molecular formula is C24H35NO5S. The molecule has 0 aliphatic heterocycles. The van der Waals surface area contributed by atoms with Crippen LogP contribution in [0.5, 0.6) is 0 Å². The summed E-state index contributed by atoms with van der Waals surface area (Å²) in [6.07, 6.45) is 9.02. The van der Waals surface area contributed by atoms with Crippen molar-refractivity contribution in [2.75, 3.05) is 18.6 Å². The Morgan fingerprint density at radius 2 is 1.90 bits per heavy atom. The molecule has 3 rings (SSSR count). The highest BCUT2D eigenvalue weighted by Gasteiger charge is 2.54. The summed E-state index contributed by atoms with van der Waals surface area (Å²) in [4.78, 5) is 25.6. The van der Waals surface area contributed by atoms with Crippen molar-refractivity contribution < 1.29 is 23.1 Å². The quantitative estimate of drug-likeness (QED) is 0.474. The molecule has 0 radical (unpaired) electrons. The van der Waals surface area contributed by atoms with E-state index in [0.717, 1.165) is 38.0 Å². The fraction of sp³-hybridized carbons (Fsp3) is 0.667. The Hall–Kier alpha value is -1.89. The van der Waals surface area contributed by atoms with E-state index in [9.17, 15) is 23.1 Å². The molecule has 0 aromatic rings. The van der Waals surface area contributed by atoms with Crippen LogP contribution in [-0.2, 0) is 19.4 Å². The summed E-state index contributed by atoms with van der Waals surface area (Å²) < 4.78 is 22.8. The number of allylic oxidation sites excluding steroid dienone is 4. The number of sulfone groups is 1. The smallest absolute Gasteiger partial charge is 0.222 e. The van der Waals surface area contributed by atoms with Crippen LogP contribution in [0.25, 0.3) is 0 Å². The zero-order valence-corrected chi connectivity index (χ0v) is 20.1. The van der Waals surface area contributed by atoms with Gasteiger partial charge in [-0.3, -0.25) is 9.59 Å². The molecule has 0 spiro atoms. The van der Waals surface area contributed by atoms with Gasteiger partial charge in [0.25, 0.3) is 0 Å². The molecule has 0 aromatic heterocycles. The van der Waals surface area contributed by atoms with Crippen LogP contribution in [0.4, 0.5) is 0 Å². The Morgan fingerprint density at radius 3 is 2.55 bits per heavy atom. The molecule has 4 atom stereocenters. The number of nitrogens with one attached hydrogen (secondary N) is 1. The summed E-state index contributed by atoms with van der Waals surface area (Å²) >= 11 is 0. The average molecular weight is 450 g/mol. The molecule has 31 heavy (non-hydrogen) atoms. The van der Waals surface area contributed by atoms with Crippen LogP contribution in [0.3, 0.4) is 0 Å². The van der Waals surface area contributed by atoms with Crippen LogP contribution >= 0.6 is 0 Å². The summed E-state index contributed by atoms with van der Waals surface area (Å²) in [6, 6.07) is 0. The molecule has 0 saturated heterocycles. The standard InChI is InChI=1S/C24H35NO5S/c1-15-7-6-8-20-23(15,3)10-9-16(2)24(20,4)14-17-21(27)18(13-19(26)22(17)28)25-11-12-31(5,29)30/h7,13,16,20,25,28H,6,8-12,14H2,1-5H3. The van der Waals surface area contributed by atoms with Gasteiger partial charge in [0.1, 0.15) is 9.84 Å². The summed E-state index contributed by atoms with van der Waals surface area (Å²) in [7, 11) is -3.20. The van der Waals surface area contributed by atoms with Gasteiger partial charge in [0.05, 0.1) is 11.4 Å². The van der Waals surface area contributed by atoms with Crippen molar-refractivity contribution in [1.29, 1.82) is 0 Å². The Morgan fingerprint density at radius 1 is 1.23 bits per heavy atom. The Labute approximate surface area is 185 Å². The monoisotopic (exact) mass is 449 g/mol. The molecule has 3 aliphatic rings. The van der Waals surface area contributed by atoms with E-state index in [1.807, 2.05) is 0 Å². The van der Waals surface area contributed by atoms with Gasteiger partial charge in [0, 0.05) is 24.4 Å². The van der Waals surface area contributed by atoms with Gasteiger partial charge >= 0.3 is 0 Å². The van der Waals surface area contributed by atoms with E-state index in [0.29, 0.717) is 18.3 Å². The lowest BCUT2D eigenvalue weighted by Gasteiger charge is -2.58. The van der Waals surface area contributed by atoms with Crippen LogP contribution in [-0.4, -0.2) is 43.6 Å². The Bertz CT molecular complexity index is 989. The minimum absolute atomic E-state index is 0.0378. The van der Waals surface area contributed by atoms with E-state index in [1.165, 1.54) is 5.57 Å². The van der Waals surface area contributed by atoms with Crippen LogP contribution < -0.4 is 5.32 Å². The van der Waals surface area contributed by atoms with E-state index in [4.69, 9.17) is 0 Å². The first-order chi connectivity index (χ1) is 14.3. The molecule has 7 heteroatoms. The highest BCUT2D eigenvalue weighted by Crippen LogP contribution is 2.62. The molecule has 3 aliphatic carbocycles. The Kier molecular flexibility index (Phi) is 6.31. The minimum atomic E-state index is -3.20. The number of aliphatic hydroxyl groups excluding tert-OH is 1. The average Bonchev–Trinajstić information content (AvgIpc) is 2.67. The van der Waals surface area contributed by atoms with Gasteiger partial charge in [-0.05, 0) is 61.7 Å². The zero-order chi connectivity index (χ0) is 23.2.